The van der Waals surface area contributed by atoms with Crippen molar-refractivity contribution in [3.8, 4) is 23.3 Å². The summed E-state index contributed by atoms with van der Waals surface area (Å²) in [5.41, 5.74) is 4.11. The summed E-state index contributed by atoms with van der Waals surface area (Å²) in [5.74, 6) is 6.34. The van der Waals surface area contributed by atoms with Gasteiger partial charge in [0.05, 0.1) is 61.8 Å². The SMILES string of the molecule is CC#Cc1cc(N(c2cc(C)ccc2OC)c2cc(C)ccc2OC)cc(C2Cc3nc(S(C)(=O)=O)nc(N4CCCn5nc(C(=O)N(C)C)c(C)c5C4)c3CO2)c1C(F)(F)F. The number of halogens is 3. The number of nitrogens with zero attached hydrogens (tertiary/aromatic N) is 7. The Bertz CT molecular complexity index is 2710. The Labute approximate surface area is 359 Å². The molecule has 0 saturated carbocycles. The Morgan fingerprint density at radius 2 is 1.60 bits per heavy atom. The number of amides is 1. The number of carbonyl (C=O) groups excluding carboxylic acids is 1. The number of methoxy groups -OCH3 is 2. The molecule has 1 atom stereocenters. The first kappa shape index (κ1) is 44.0. The molecule has 0 saturated heterocycles. The molecule has 2 aliphatic rings. The Morgan fingerprint density at radius 1 is 0.952 bits per heavy atom. The van der Waals surface area contributed by atoms with Gasteiger partial charge < -0.3 is 28.9 Å². The second-order valence-electron chi connectivity index (χ2n) is 15.7. The van der Waals surface area contributed by atoms with Gasteiger partial charge in [-0.05, 0) is 87.2 Å². The van der Waals surface area contributed by atoms with Crippen molar-refractivity contribution >= 4 is 38.6 Å². The standard InChI is InChI=1S/C45H48F3N7O6S/c1-10-12-29-21-30(55(34-19-26(2)13-15-37(34)59-7)35-20-27(3)14-16-38(35)60-8)22-31(40(29)45(46,47)48)39-23-33-32(25-61-39)42(50-44(49-33)62(9,57)58)53-17-11-18-54-36(24-53)28(4)41(51-54)43(56)52(5)6/h13-16,19-22,39H,11,17-18,23-25H2,1-9H3. The maximum absolute atomic E-state index is 15.5. The van der Waals surface area contributed by atoms with Crippen LogP contribution in [-0.2, 0) is 46.9 Å². The lowest BCUT2D eigenvalue weighted by molar-refractivity contribution is -0.140. The van der Waals surface area contributed by atoms with Gasteiger partial charge in [-0.15, -0.1) is 5.92 Å². The van der Waals surface area contributed by atoms with Crippen molar-refractivity contribution in [1.29, 1.82) is 0 Å². The molecule has 3 aromatic carbocycles. The molecule has 326 valence electrons. The number of sulfone groups is 1. The minimum Gasteiger partial charge on any atom is -0.495 e. The van der Waals surface area contributed by atoms with E-state index in [1.54, 1.807) is 35.8 Å². The number of ether oxygens (including phenoxy) is 3. The van der Waals surface area contributed by atoms with E-state index in [2.05, 4.69) is 26.9 Å². The predicted octanol–water partition coefficient (Wildman–Crippen LogP) is 7.81. The van der Waals surface area contributed by atoms with Crippen LogP contribution < -0.4 is 19.3 Å². The summed E-state index contributed by atoms with van der Waals surface area (Å²) in [5, 5.41) is 4.15. The van der Waals surface area contributed by atoms with Gasteiger partial charge >= 0.3 is 6.18 Å². The first-order valence-electron chi connectivity index (χ1n) is 19.9. The van der Waals surface area contributed by atoms with Crippen molar-refractivity contribution in [2.75, 3.05) is 50.9 Å². The van der Waals surface area contributed by atoms with Gasteiger partial charge in [0.15, 0.2) is 5.69 Å². The van der Waals surface area contributed by atoms with Crippen molar-refractivity contribution < 1.29 is 40.6 Å². The molecule has 0 bridgehead atoms. The fourth-order valence-electron chi connectivity index (χ4n) is 8.03. The highest BCUT2D eigenvalue weighted by Gasteiger charge is 2.41. The zero-order valence-corrected chi connectivity index (χ0v) is 36.9. The largest absolute Gasteiger partial charge is 0.495 e. The molecule has 5 aromatic rings. The van der Waals surface area contributed by atoms with E-state index in [0.717, 1.165) is 23.1 Å². The number of alkyl halides is 3. The second kappa shape index (κ2) is 17.0. The van der Waals surface area contributed by atoms with E-state index in [-0.39, 0.29) is 48.1 Å². The lowest BCUT2D eigenvalue weighted by Crippen LogP contribution is -2.30. The Kier molecular flexibility index (Phi) is 12.0. The van der Waals surface area contributed by atoms with E-state index >= 15 is 13.2 Å². The molecule has 13 nitrogen and oxygen atoms in total. The van der Waals surface area contributed by atoms with Crippen LogP contribution >= 0.6 is 0 Å². The van der Waals surface area contributed by atoms with Crippen molar-refractivity contribution in [3.05, 3.63) is 105 Å². The van der Waals surface area contributed by atoms with E-state index in [0.29, 0.717) is 64.9 Å². The van der Waals surface area contributed by atoms with Crippen LogP contribution in [0.3, 0.4) is 0 Å². The molecular weight excluding hydrogens is 824 g/mol. The normalized spacial score (nSPS) is 15.2. The Hall–Kier alpha value is -6.12. The molecule has 0 N–H and O–H groups in total. The van der Waals surface area contributed by atoms with E-state index in [1.807, 2.05) is 49.9 Å². The number of hydrogen-bond donors (Lipinski definition) is 0. The van der Waals surface area contributed by atoms with Gasteiger partial charge in [0.2, 0.25) is 15.0 Å². The molecule has 0 radical (unpaired) electrons. The third-order valence-corrected chi connectivity index (χ3v) is 11.9. The van der Waals surface area contributed by atoms with Crippen LogP contribution in [0.4, 0.5) is 36.1 Å². The van der Waals surface area contributed by atoms with E-state index in [9.17, 15) is 13.2 Å². The highest BCUT2D eigenvalue weighted by molar-refractivity contribution is 7.90. The topological polar surface area (TPSA) is 132 Å². The number of rotatable bonds is 9. The van der Waals surface area contributed by atoms with Crippen molar-refractivity contribution in [2.24, 2.45) is 0 Å². The van der Waals surface area contributed by atoms with Gasteiger partial charge in [0, 0.05) is 62.2 Å². The smallest absolute Gasteiger partial charge is 0.417 e. The predicted molar refractivity (Wildman–Crippen MR) is 228 cm³/mol. The third kappa shape index (κ3) is 8.41. The van der Waals surface area contributed by atoms with Crippen LogP contribution in [-0.4, -0.2) is 80.1 Å². The van der Waals surface area contributed by atoms with Gasteiger partial charge in [-0.1, -0.05) is 18.1 Å². The lowest BCUT2D eigenvalue weighted by Gasteiger charge is -2.33. The molecule has 62 heavy (non-hydrogen) atoms. The molecule has 4 heterocycles. The molecule has 2 aliphatic heterocycles. The van der Waals surface area contributed by atoms with Crippen LogP contribution in [0, 0.1) is 32.6 Å². The fourth-order valence-corrected chi connectivity index (χ4v) is 8.56. The molecular formula is C45H48F3N7O6S. The first-order chi connectivity index (χ1) is 29.3. The number of fused-ring (bicyclic) bond motifs is 2. The molecule has 0 spiro atoms. The quantitative estimate of drug-likeness (QED) is 0.106. The van der Waals surface area contributed by atoms with E-state index in [1.165, 1.54) is 38.2 Å². The van der Waals surface area contributed by atoms with Crippen molar-refractivity contribution in [3.63, 3.8) is 0 Å². The minimum absolute atomic E-state index is 0.213. The highest BCUT2D eigenvalue weighted by Crippen LogP contribution is 2.49. The number of benzene rings is 3. The second-order valence-corrected chi connectivity index (χ2v) is 17.6. The molecule has 0 fully saturated rings. The molecule has 17 heteroatoms. The van der Waals surface area contributed by atoms with Crippen molar-refractivity contribution in [1.82, 2.24) is 24.6 Å². The summed E-state index contributed by atoms with van der Waals surface area (Å²) in [6.07, 6.45) is -4.77. The average Bonchev–Trinajstić information content (AvgIpc) is 3.37. The molecule has 7 rings (SSSR count). The summed E-state index contributed by atoms with van der Waals surface area (Å²) in [6, 6.07) is 13.9. The van der Waals surface area contributed by atoms with Gasteiger partial charge in [-0.3, -0.25) is 9.48 Å². The minimum atomic E-state index is -4.88. The van der Waals surface area contributed by atoms with Crippen LogP contribution in [0.25, 0.3) is 0 Å². The summed E-state index contributed by atoms with van der Waals surface area (Å²) in [6.45, 7) is 8.03. The molecule has 0 aliphatic carbocycles. The van der Waals surface area contributed by atoms with Gasteiger partial charge in [0.1, 0.15) is 17.3 Å². The monoisotopic (exact) mass is 871 g/mol. The number of anilines is 4. The van der Waals surface area contributed by atoms with E-state index < -0.39 is 32.8 Å². The average molecular weight is 872 g/mol. The third-order valence-electron chi connectivity index (χ3n) is 11.0. The lowest BCUT2D eigenvalue weighted by atomic mass is 9.91. The first-order valence-corrected chi connectivity index (χ1v) is 21.7. The molecule has 1 unspecified atom stereocenters. The number of hydrogen-bond acceptors (Lipinski definition) is 11. The fraction of sp³-hybridized carbons (Fsp3) is 0.378. The van der Waals surface area contributed by atoms with Gasteiger partial charge in [0.25, 0.3) is 5.91 Å². The maximum atomic E-state index is 15.5. The maximum Gasteiger partial charge on any atom is 0.417 e. The number of aryl methyl sites for hydroxylation is 3. The van der Waals surface area contributed by atoms with Crippen LogP contribution in [0.2, 0.25) is 0 Å². The summed E-state index contributed by atoms with van der Waals surface area (Å²) in [4.78, 5) is 27.2. The zero-order valence-electron chi connectivity index (χ0n) is 36.1. The molecule has 2 aromatic heterocycles. The highest BCUT2D eigenvalue weighted by atomic mass is 32.2. The van der Waals surface area contributed by atoms with Crippen LogP contribution in [0.15, 0.2) is 53.7 Å². The summed E-state index contributed by atoms with van der Waals surface area (Å²) in [7, 11) is 2.33. The van der Waals surface area contributed by atoms with Gasteiger partial charge in [-0.25, -0.2) is 18.4 Å². The zero-order chi connectivity index (χ0) is 44.8. The Morgan fingerprint density at radius 3 is 2.16 bits per heavy atom. The number of carbonyl (C=O) groups is 1. The number of aromatic nitrogens is 4. The van der Waals surface area contributed by atoms with Crippen molar-refractivity contribution in [2.45, 2.75) is 77.7 Å². The van der Waals surface area contributed by atoms with Crippen LogP contribution in [0.1, 0.15) is 80.3 Å². The molecule has 1 amide bonds. The van der Waals surface area contributed by atoms with Gasteiger partial charge in [-0.2, -0.15) is 18.3 Å². The Balaban J connectivity index is 1.41. The van der Waals surface area contributed by atoms with Crippen LogP contribution in [0.5, 0.6) is 11.5 Å². The summed E-state index contributed by atoms with van der Waals surface area (Å²) < 4.78 is 92.7. The summed E-state index contributed by atoms with van der Waals surface area (Å²) >= 11 is 0. The van der Waals surface area contributed by atoms with E-state index in [4.69, 9.17) is 14.2 Å².